The van der Waals surface area contributed by atoms with Crippen molar-refractivity contribution in [3.8, 4) is 0 Å². The third-order valence-corrected chi connectivity index (χ3v) is 8.74. The van der Waals surface area contributed by atoms with Gasteiger partial charge in [0.1, 0.15) is 30.2 Å². The van der Waals surface area contributed by atoms with E-state index < -0.39 is 53.9 Å². The Balaban J connectivity index is 2.06. The highest BCUT2D eigenvalue weighted by atomic mass is 32.2. The second-order valence-electron chi connectivity index (χ2n) is 12.5. The molecule has 2 fully saturated rings. The standard InChI is InChI=1S/C30H53N9O7S/c1-17(2)16-22(26(42)35-18(3)24(40)37-21(29(45)46)9-6-13-34-30(31)32)38-27(43)23-10-7-14-39(23)28(44)20(11-15-47-4)36-25(41)19-8-5-12-33-19/h17-23,33H,5-16H2,1-4H3,(H,35,42)(H,36,41)(H,37,40)(H,38,43)(H,45,46)(H4,31,32,34)/t18-,19+,20+,21+,22+,23+/m1/s1. The van der Waals surface area contributed by atoms with E-state index >= 15 is 0 Å². The minimum Gasteiger partial charge on any atom is -0.480 e. The van der Waals surface area contributed by atoms with Crippen LogP contribution in [0.3, 0.4) is 0 Å². The van der Waals surface area contributed by atoms with E-state index in [1.54, 1.807) is 11.8 Å². The molecule has 266 valence electrons. The summed E-state index contributed by atoms with van der Waals surface area (Å²) in [7, 11) is 0. The molecule has 0 spiro atoms. The number of aliphatic carboxylic acids is 1. The summed E-state index contributed by atoms with van der Waals surface area (Å²) < 4.78 is 0. The van der Waals surface area contributed by atoms with Gasteiger partial charge < -0.3 is 48.1 Å². The van der Waals surface area contributed by atoms with Gasteiger partial charge in [0.15, 0.2) is 5.96 Å². The summed E-state index contributed by atoms with van der Waals surface area (Å²) in [4.78, 5) is 83.2. The van der Waals surface area contributed by atoms with Gasteiger partial charge in [-0.05, 0) is 82.8 Å². The monoisotopic (exact) mass is 683 g/mol. The average Bonchev–Trinajstić information content (AvgIpc) is 3.72. The van der Waals surface area contributed by atoms with Crippen LogP contribution in [0, 0.1) is 5.92 Å². The Kier molecular flexibility index (Phi) is 16.8. The third kappa shape index (κ3) is 13.2. The zero-order valence-corrected chi connectivity index (χ0v) is 28.7. The SMILES string of the molecule is CSCC[C@H](NC(=O)[C@@H]1CCCN1)C(=O)N1CCC[C@H]1C(=O)N[C@@H](CC(C)C)C(=O)N[C@H](C)C(=O)N[C@@H](CCCN=C(N)N)C(=O)O. The molecule has 0 aliphatic carbocycles. The van der Waals surface area contributed by atoms with Crippen LogP contribution in [0.2, 0.25) is 0 Å². The maximum absolute atomic E-state index is 13.7. The zero-order valence-electron chi connectivity index (χ0n) is 27.9. The molecule has 6 atom stereocenters. The predicted molar refractivity (Wildman–Crippen MR) is 179 cm³/mol. The van der Waals surface area contributed by atoms with Crippen molar-refractivity contribution in [2.75, 3.05) is 31.6 Å². The minimum absolute atomic E-state index is 0.00608. The van der Waals surface area contributed by atoms with Gasteiger partial charge in [0, 0.05) is 13.1 Å². The van der Waals surface area contributed by atoms with Gasteiger partial charge >= 0.3 is 5.97 Å². The lowest BCUT2D eigenvalue weighted by atomic mass is 10.0. The fraction of sp³-hybridized carbons (Fsp3) is 0.767. The number of carbonyl (C=O) groups is 6. The molecule has 0 radical (unpaired) electrons. The van der Waals surface area contributed by atoms with Crippen LogP contribution in [0.4, 0.5) is 0 Å². The quantitative estimate of drug-likeness (QED) is 0.0448. The first-order valence-electron chi connectivity index (χ1n) is 16.3. The number of amides is 5. The fourth-order valence-corrected chi connectivity index (χ4v) is 6.06. The Morgan fingerprint density at radius 1 is 0.915 bits per heavy atom. The van der Waals surface area contributed by atoms with E-state index in [-0.39, 0.29) is 49.1 Å². The second-order valence-corrected chi connectivity index (χ2v) is 13.4. The van der Waals surface area contributed by atoms with E-state index in [9.17, 15) is 33.9 Å². The van der Waals surface area contributed by atoms with E-state index in [1.807, 2.05) is 20.1 Å². The van der Waals surface area contributed by atoms with Crippen molar-refractivity contribution >= 4 is 53.2 Å². The largest absolute Gasteiger partial charge is 0.480 e. The summed E-state index contributed by atoms with van der Waals surface area (Å²) in [5.41, 5.74) is 10.6. The molecule has 5 amide bonds. The maximum Gasteiger partial charge on any atom is 0.326 e. The predicted octanol–water partition coefficient (Wildman–Crippen LogP) is -1.37. The summed E-state index contributed by atoms with van der Waals surface area (Å²) in [6, 6.07) is -5.27. The van der Waals surface area contributed by atoms with E-state index in [1.165, 1.54) is 11.8 Å². The number of carboxylic acid groups (broad SMARTS) is 1. The topological polar surface area (TPSA) is 250 Å². The highest BCUT2D eigenvalue weighted by molar-refractivity contribution is 7.98. The molecule has 2 rings (SSSR count). The molecule has 0 unspecified atom stereocenters. The first kappa shape index (κ1) is 39.6. The Morgan fingerprint density at radius 3 is 2.21 bits per heavy atom. The number of likely N-dealkylation sites (tertiary alicyclic amines) is 1. The molecular weight excluding hydrogens is 630 g/mol. The highest BCUT2D eigenvalue weighted by Crippen LogP contribution is 2.21. The van der Waals surface area contributed by atoms with E-state index in [2.05, 4.69) is 31.6 Å². The molecule has 0 aromatic carbocycles. The number of nitrogens with zero attached hydrogens (tertiary/aromatic N) is 2. The number of rotatable bonds is 19. The molecular formula is C30H53N9O7S. The van der Waals surface area contributed by atoms with Crippen LogP contribution in [-0.2, 0) is 28.8 Å². The highest BCUT2D eigenvalue weighted by Gasteiger charge is 2.39. The molecule has 2 aliphatic rings. The minimum atomic E-state index is -1.24. The summed E-state index contributed by atoms with van der Waals surface area (Å²) in [5.74, 6) is -3.09. The van der Waals surface area contributed by atoms with Crippen molar-refractivity contribution in [3.05, 3.63) is 0 Å². The van der Waals surface area contributed by atoms with Gasteiger partial charge in [0.25, 0.3) is 0 Å². The molecule has 16 nitrogen and oxygen atoms in total. The zero-order chi connectivity index (χ0) is 35.1. The number of guanidine groups is 1. The normalized spacial score (nSPS) is 20.1. The molecule has 47 heavy (non-hydrogen) atoms. The third-order valence-electron chi connectivity index (χ3n) is 8.09. The Morgan fingerprint density at radius 2 is 1.62 bits per heavy atom. The van der Waals surface area contributed by atoms with Crippen molar-refractivity contribution in [2.45, 2.75) is 108 Å². The number of carbonyl (C=O) groups excluding carboxylic acids is 5. The van der Waals surface area contributed by atoms with Gasteiger partial charge in [-0.1, -0.05) is 13.8 Å². The van der Waals surface area contributed by atoms with Gasteiger partial charge in [0.2, 0.25) is 29.5 Å². The summed E-state index contributed by atoms with van der Waals surface area (Å²) in [6.45, 7) is 6.47. The van der Waals surface area contributed by atoms with Gasteiger partial charge in [-0.25, -0.2) is 4.79 Å². The Hall–Kier alpha value is -3.60. The van der Waals surface area contributed by atoms with Crippen LogP contribution in [0.25, 0.3) is 0 Å². The lowest BCUT2D eigenvalue weighted by molar-refractivity contribution is -0.143. The molecule has 17 heteroatoms. The lowest BCUT2D eigenvalue weighted by Gasteiger charge is -2.30. The van der Waals surface area contributed by atoms with Crippen molar-refractivity contribution in [1.29, 1.82) is 0 Å². The molecule has 0 aromatic rings. The molecule has 2 aliphatic heterocycles. The van der Waals surface area contributed by atoms with E-state index in [4.69, 9.17) is 11.5 Å². The smallest absolute Gasteiger partial charge is 0.326 e. The number of thioether (sulfide) groups is 1. The number of hydrogen-bond donors (Lipinski definition) is 8. The average molecular weight is 684 g/mol. The molecule has 10 N–H and O–H groups in total. The Bertz CT molecular complexity index is 1130. The number of nitrogens with two attached hydrogens (primary N) is 2. The number of nitrogens with one attached hydrogen (secondary N) is 5. The van der Waals surface area contributed by atoms with Crippen molar-refractivity contribution in [2.24, 2.45) is 22.4 Å². The van der Waals surface area contributed by atoms with Crippen LogP contribution >= 0.6 is 11.8 Å². The molecule has 0 aromatic heterocycles. The van der Waals surface area contributed by atoms with Gasteiger partial charge in [-0.3, -0.25) is 29.0 Å². The first-order chi connectivity index (χ1) is 22.2. The molecule has 0 saturated carbocycles. The Labute approximate surface area is 280 Å². The second kappa shape index (κ2) is 19.9. The van der Waals surface area contributed by atoms with Gasteiger partial charge in [-0.15, -0.1) is 0 Å². The number of hydrogen-bond acceptors (Lipinski definition) is 9. The van der Waals surface area contributed by atoms with Crippen molar-refractivity contribution in [3.63, 3.8) is 0 Å². The van der Waals surface area contributed by atoms with Crippen LogP contribution in [0.15, 0.2) is 4.99 Å². The molecule has 2 heterocycles. The van der Waals surface area contributed by atoms with E-state index in [0.29, 0.717) is 44.4 Å². The van der Waals surface area contributed by atoms with Crippen LogP contribution in [0.1, 0.15) is 72.1 Å². The summed E-state index contributed by atoms with van der Waals surface area (Å²) in [5, 5.41) is 23.3. The number of aliphatic imine (C=N–C) groups is 1. The fourth-order valence-electron chi connectivity index (χ4n) is 5.58. The van der Waals surface area contributed by atoms with Crippen molar-refractivity contribution in [1.82, 2.24) is 31.5 Å². The van der Waals surface area contributed by atoms with Crippen LogP contribution in [0.5, 0.6) is 0 Å². The van der Waals surface area contributed by atoms with Crippen molar-refractivity contribution < 1.29 is 33.9 Å². The van der Waals surface area contributed by atoms with Crippen LogP contribution < -0.4 is 38.1 Å². The maximum atomic E-state index is 13.7. The number of carboxylic acids is 1. The lowest BCUT2D eigenvalue weighted by Crippen LogP contribution is -2.58. The molecule has 2 saturated heterocycles. The summed E-state index contributed by atoms with van der Waals surface area (Å²) >= 11 is 1.56. The van der Waals surface area contributed by atoms with E-state index in [0.717, 1.165) is 13.0 Å². The summed E-state index contributed by atoms with van der Waals surface area (Å²) in [6.07, 6.45) is 5.55. The molecule has 0 bridgehead atoms. The van der Waals surface area contributed by atoms with Gasteiger partial charge in [-0.2, -0.15) is 11.8 Å². The van der Waals surface area contributed by atoms with Gasteiger partial charge in [0.05, 0.1) is 6.04 Å². The first-order valence-corrected chi connectivity index (χ1v) is 17.7. The van der Waals surface area contributed by atoms with Crippen LogP contribution in [-0.4, -0.2) is 119 Å².